The number of alkyl halides is 1. The molecule has 3 aromatic rings. The van der Waals surface area contributed by atoms with Crippen LogP contribution >= 0.6 is 11.6 Å². The minimum Gasteiger partial charge on any atom is -0.396 e. The number of carbonyl (C=O) groups excluding carboxylic acids is 1. The molecule has 1 atom stereocenters. The molecule has 1 aliphatic rings. The molecule has 184 valence electrons. The van der Waals surface area contributed by atoms with E-state index >= 15 is 0 Å². The highest BCUT2D eigenvalue weighted by molar-refractivity contribution is 6.18. The SMILES string of the molecule is Cc1ccc(CNc2ccccc2N[C@@H](Cc2ccc(C)cc2)C(=O)N2CC(CO)(CCl)C2)cc1. The van der Waals surface area contributed by atoms with Crippen molar-refractivity contribution in [1.82, 2.24) is 4.90 Å². The summed E-state index contributed by atoms with van der Waals surface area (Å²) in [4.78, 5) is 15.4. The number of nitrogens with zero attached hydrogens (tertiary/aromatic N) is 1. The van der Waals surface area contributed by atoms with Crippen LogP contribution in [0.4, 0.5) is 11.4 Å². The molecule has 35 heavy (non-hydrogen) atoms. The van der Waals surface area contributed by atoms with Crippen molar-refractivity contribution in [2.45, 2.75) is 32.9 Å². The number of halogens is 1. The monoisotopic (exact) mass is 491 g/mol. The maximum absolute atomic E-state index is 13.6. The Morgan fingerprint density at radius 3 is 2.09 bits per heavy atom. The van der Waals surface area contributed by atoms with Gasteiger partial charge in [0.2, 0.25) is 5.91 Å². The van der Waals surface area contributed by atoms with Gasteiger partial charge in [-0.25, -0.2) is 0 Å². The zero-order valence-electron chi connectivity index (χ0n) is 20.4. The van der Waals surface area contributed by atoms with Crippen LogP contribution in [0, 0.1) is 19.3 Å². The number of nitrogens with one attached hydrogen (secondary N) is 2. The number of para-hydroxylation sites is 2. The van der Waals surface area contributed by atoms with E-state index in [9.17, 15) is 9.90 Å². The first kappa shape index (κ1) is 25.1. The summed E-state index contributed by atoms with van der Waals surface area (Å²) in [5.74, 6) is 0.364. The molecule has 0 radical (unpaired) electrons. The molecule has 3 N–H and O–H groups in total. The van der Waals surface area contributed by atoms with Crippen molar-refractivity contribution in [2.24, 2.45) is 5.41 Å². The number of aliphatic hydroxyl groups excluding tert-OH is 1. The molecule has 1 heterocycles. The second-order valence-corrected chi connectivity index (χ2v) is 10.0. The predicted octanol–water partition coefficient (Wildman–Crippen LogP) is 5.00. The first-order chi connectivity index (χ1) is 16.9. The number of aliphatic hydroxyl groups is 1. The van der Waals surface area contributed by atoms with Crippen molar-refractivity contribution in [2.75, 3.05) is 36.2 Å². The summed E-state index contributed by atoms with van der Waals surface area (Å²) in [5, 5.41) is 16.8. The summed E-state index contributed by atoms with van der Waals surface area (Å²) in [6.45, 7) is 5.77. The summed E-state index contributed by atoms with van der Waals surface area (Å²) < 4.78 is 0. The van der Waals surface area contributed by atoms with Gasteiger partial charge in [-0.15, -0.1) is 11.6 Å². The Bertz CT molecular complexity index is 1120. The molecule has 0 unspecified atom stereocenters. The molecule has 4 rings (SSSR count). The van der Waals surface area contributed by atoms with Crippen molar-refractivity contribution in [1.29, 1.82) is 0 Å². The van der Waals surface area contributed by atoms with Gasteiger partial charge in [0.1, 0.15) is 6.04 Å². The van der Waals surface area contributed by atoms with Crippen LogP contribution in [0.2, 0.25) is 0 Å². The number of aryl methyl sites for hydroxylation is 2. The highest BCUT2D eigenvalue weighted by Crippen LogP contribution is 2.33. The molecule has 0 aliphatic carbocycles. The van der Waals surface area contributed by atoms with Crippen molar-refractivity contribution < 1.29 is 9.90 Å². The smallest absolute Gasteiger partial charge is 0.245 e. The third-order valence-electron chi connectivity index (χ3n) is 6.70. The lowest BCUT2D eigenvalue weighted by Crippen LogP contribution is -2.63. The molecular formula is C29H34ClN3O2. The van der Waals surface area contributed by atoms with E-state index in [1.54, 1.807) is 4.90 Å². The molecular weight excluding hydrogens is 458 g/mol. The van der Waals surface area contributed by atoms with Gasteiger partial charge in [0.15, 0.2) is 0 Å². The summed E-state index contributed by atoms with van der Waals surface area (Å²) in [7, 11) is 0. The van der Waals surface area contributed by atoms with Crippen LogP contribution in [0.15, 0.2) is 72.8 Å². The number of likely N-dealkylation sites (tertiary alicyclic amines) is 1. The minimum atomic E-state index is -0.438. The Balaban J connectivity index is 1.52. The third-order valence-corrected chi connectivity index (χ3v) is 7.27. The van der Waals surface area contributed by atoms with Gasteiger partial charge in [-0.2, -0.15) is 0 Å². The van der Waals surface area contributed by atoms with Crippen molar-refractivity contribution in [3.63, 3.8) is 0 Å². The zero-order valence-corrected chi connectivity index (χ0v) is 21.2. The zero-order chi connectivity index (χ0) is 24.8. The van der Waals surface area contributed by atoms with Crippen LogP contribution in [0.25, 0.3) is 0 Å². The molecule has 6 heteroatoms. The standard InChI is InChI=1S/C29H34ClN3O2/c1-21-7-11-23(12-8-21)15-27(28(35)33-18-29(17-30,19-33)20-34)32-26-6-4-3-5-25(26)31-16-24-13-9-22(2)10-14-24/h3-14,27,31-32,34H,15-20H2,1-2H3/t27-/m0/s1. The fraction of sp³-hybridized carbons (Fsp3) is 0.345. The maximum Gasteiger partial charge on any atom is 0.245 e. The normalized spacial score (nSPS) is 15.3. The predicted molar refractivity (Wildman–Crippen MR) is 144 cm³/mol. The van der Waals surface area contributed by atoms with E-state index in [4.69, 9.17) is 11.6 Å². The number of hydrogen-bond donors (Lipinski definition) is 3. The maximum atomic E-state index is 13.6. The van der Waals surface area contributed by atoms with Gasteiger partial charge < -0.3 is 20.6 Å². The van der Waals surface area contributed by atoms with E-state index in [-0.39, 0.29) is 17.9 Å². The second-order valence-electron chi connectivity index (χ2n) is 9.76. The number of anilines is 2. The summed E-state index contributed by atoms with van der Waals surface area (Å²) in [6.07, 6.45) is 0.564. The van der Waals surface area contributed by atoms with Crippen LogP contribution in [0.3, 0.4) is 0 Å². The van der Waals surface area contributed by atoms with Gasteiger partial charge in [0.25, 0.3) is 0 Å². The molecule has 0 bridgehead atoms. The Kier molecular flexibility index (Phi) is 7.99. The number of carbonyl (C=O) groups is 1. The van der Waals surface area contributed by atoms with Crippen LogP contribution < -0.4 is 10.6 Å². The molecule has 1 saturated heterocycles. The lowest BCUT2D eigenvalue weighted by molar-refractivity contribution is -0.145. The van der Waals surface area contributed by atoms with Gasteiger partial charge in [-0.1, -0.05) is 71.8 Å². The third kappa shape index (κ3) is 6.16. The summed E-state index contributed by atoms with van der Waals surface area (Å²) in [5.41, 5.74) is 6.16. The van der Waals surface area contributed by atoms with Gasteiger partial charge >= 0.3 is 0 Å². The number of benzene rings is 3. The Labute approximate surface area is 213 Å². The molecule has 3 aromatic carbocycles. The average molecular weight is 492 g/mol. The molecule has 5 nitrogen and oxygen atoms in total. The molecule has 0 saturated carbocycles. The topological polar surface area (TPSA) is 64.6 Å². The lowest BCUT2D eigenvalue weighted by atomic mass is 9.82. The van der Waals surface area contributed by atoms with Gasteiger partial charge in [-0.05, 0) is 37.1 Å². The highest BCUT2D eigenvalue weighted by atomic mass is 35.5. The number of hydrogen-bond acceptors (Lipinski definition) is 4. The van der Waals surface area contributed by atoms with E-state index in [1.807, 2.05) is 24.3 Å². The first-order valence-electron chi connectivity index (χ1n) is 12.1. The Morgan fingerprint density at radius 2 is 1.51 bits per heavy atom. The average Bonchev–Trinajstić information content (AvgIpc) is 2.85. The van der Waals surface area contributed by atoms with Crippen LogP contribution in [0.1, 0.15) is 22.3 Å². The van der Waals surface area contributed by atoms with Gasteiger partial charge in [0, 0.05) is 37.4 Å². The Morgan fingerprint density at radius 1 is 0.943 bits per heavy atom. The van der Waals surface area contributed by atoms with Crippen molar-refractivity contribution in [3.05, 3.63) is 95.1 Å². The van der Waals surface area contributed by atoms with E-state index in [0.717, 1.165) is 16.9 Å². The van der Waals surface area contributed by atoms with Crippen LogP contribution in [-0.4, -0.2) is 47.5 Å². The number of rotatable bonds is 10. The van der Waals surface area contributed by atoms with Gasteiger partial charge in [-0.3, -0.25) is 4.79 Å². The summed E-state index contributed by atoms with van der Waals surface area (Å²) >= 11 is 6.08. The second kappa shape index (κ2) is 11.1. The largest absolute Gasteiger partial charge is 0.396 e. The lowest BCUT2D eigenvalue weighted by Gasteiger charge is -2.49. The quantitative estimate of drug-likeness (QED) is 0.349. The molecule has 1 amide bonds. The van der Waals surface area contributed by atoms with E-state index in [1.165, 1.54) is 16.7 Å². The van der Waals surface area contributed by atoms with E-state index in [2.05, 4.69) is 73.0 Å². The Hall–Kier alpha value is -3.02. The molecule has 1 aliphatic heterocycles. The van der Waals surface area contributed by atoms with Crippen molar-refractivity contribution >= 4 is 28.9 Å². The highest BCUT2D eigenvalue weighted by Gasteiger charge is 2.45. The molecule has 0 aromatic heterocycles. The van der Waals surface area contributed by atoms with Crippen molar-refractivity contribution in [3.8, 4) is 0 Å². The number of amides is 1. The minimum absolute atomic E-state index is 0.0118. The fourth-order valence-electron chi connectivity index (χ4n) is 4.38. The van der Waals surface area contributed by atoms with Crippen LogP contribution in [0.5, 0.6) is 0 Å². The summed E-state index contributed by atoms with van der Waals surface area (Å²) in [6, 6.07) is 24.3. The first-order valence-corrected chi connectivity index (χ1v) is 12.6. The van der Waals surface area contributed by atoms with Crippen LogP contribution in [-0.2, 0) is 17.8 Å². The van der Waals surface area contributed by atoms with E-state index < -0.39 is 6.04 Å². The molecule has 1 fully saturated rings. The van der Waals surface area contributed by atoms with E-state index in [0.29, 0.717) is 31.9 Å². The molecule has 0 spiro atoms. The van der Waals surface area contributed by atoms with Gasteiger partial charge in [0.05, 0.1) is 18.0 Å². The fourth-order valence-corrected chi connectivity index (χ4v) is 4.63.